The van der Waals surface area contributed by atoms with Crippen molar-refractivity contribution in [3.63, 3.8) is 0 Å². The fraction of sp³-hybridized carbons (Fsp3) is 0.500. The Labute approximate surface area is 118 Å². The van der Waals surface area contributed by atoms with Gasteiger partial charge in [0.05, 0.1) is 11.5 Å². The van der Waals surface area contributed by atoms with Crippen LogP contribution < -0.4 is 5.32 Å². The summed E-state index contributed by atoms with van der Waals surface area (Å²) in [5, 5.41) is 12.3. The van der Waals surface area contributed by atoms with E-state index >= 15 is 0 Å². The molecular formula is C14H19IN2. The number of nitrogens with one attached hydrogen (secondary N) is 1. The van der Waals surface area contributed by atoms with Crippen molar-refractivity contribution >= 4 is 28.3 Å². The minimum Gasteiger partial charge on any atom is -0.385 e. The molecule has 0 aliphatic heterocycles. The SMILES string of the molecule is Cc1ccc(NCCCC(C)(C)C#N)cc1I. The second kappa shape index (κ2) is 6.25. The molecule has 3 heteroatoms. The van der Waals surface area contributed by atoms with Crippen molar-refractivity contribution in [2.45, 2.75) is 33.6 Å². The second-order valence-corrected chi connectivity index (χ2v) is 6.15. The van der Waals surface area contributed by atoms with E-state index in [1.807, 2.05) is 13.8 Å². The van der Waals surface area contributed by atoms with Crippen molar-refractivity contribution in [2.24, 2.45) is 5.41 Å². The third-order valence-electron chi connectivity index (χ3n) is 2.78. The van der Waals surface area contributed by atoms with Gasteiger partial charge in [0.15, 0.2) is 0 Å². The molecule has 1 aromatic carbocycles. The zero-order valence-corrected chi connectivity index (χ0v) is 12.8. The van der Waals surface area contributed by atoms with Crippen LogP contribution in [0.25, 0.3) is 0 Å². The zero-order valence-electron chi connectivity index (χ0n) is 10.7. The first-order chi connectivity index (χ1) is 7.94. The molecule has 0 fully saturated rings. The summed E-state index contributed by atoms with van der Waals surface area (Å²) >= 11 is 2.35. The topological polar surface area (TPSA) is 35.8 Å². The van der Waals surface area contributed by atoms with Gasteiger partial charge in [0.25, 0.3) is 0 Å². The van der Waals surface area contributed by atoms with Gasteiger partial charge in [-0.25, -0.2) is 0 Å². The van der Waals surface area contributed by atoms with Gasteiger partial charge in [-0.3, -0.25) is 0 Å². The van der Waals surface area contributed by atoms with Crippen LogP contribution in [0.15, 0.2) is 18.2 Å². The van der Waals surface area contributed by atoms with E-state index in [4.69, 9.17) is 5.26 Å². The summed E-state index contributed by atoms with van der Waals surface area (Å²) in [5.41, 5.74) is 2.26. The molecule has 0 aromatic heterocycles. The Morgan fingerprint density at radius 3 is 2.71 bits per heavy atom. The van der Waals surface area contributed by atoms with Crippen LogP contribution in [0.1, 0.15) is 32.3 Å². The maximum Gasteiger partial charge on any atom is 0.0683 e. The predicted octanol–water partition coefficient (Wildman–Crippen LogP) is 4.34. The molecule has 2 nitrogen and oxygen atoms in total. The molecule has 17 heavy (non-hydrogen) atoms. The van der Waals surface area contributed by atoms with Crippen molar-refractivity contribution in [3.8, 4) is 6.07 Å². The maximum absolute atomic E-state index is 8.91. The quantitative estimate of drug-likeness (QED) is 0.638. The second-order valence-electron chi connectivity index (χ2n) is 4.99. The Balaban J connectivity index is 2.37. The lowest BCUT2D eigenvalue weighted by atomic mass is 9.90. The van der Waals surface area contributed by atoms with Gasteiger partial charge in [0, 0.05) is 15.8 Å². The normalized spacial score (nSPS) is 11.0. The van der Waals surface area contributed by atoms with E-state index in [9.17, 15) is 0 Å². The fourth-order valence-electron chi connectivity index (χ4n) is 1.52. The van der Waals surface area contributed by atoms with Crippen molar-refractivity contribution in [2.75, 3.05) is 11.9 Å². The van der Waals surface area contributed by atoms with Crippen LogP contribution in [0.5, 0.6) is 0 Å². The Hall–Kier alpha value is -0.760. The molecule has 1 rings (SSSR count). The van der Waals surface area contributed by atoms with Crippen LogP contribution in [0.2, 0.25) is 0 Å². The molecule has 0 aliphatic carbocycles. The molecule has 0 atom stereocenters. The molecule has 0 saturated heterocycles. The number of rotatable bonds is 5. The Morgan fingerprint density at radius 2 is 2.12 bits per heavy atom. The number of nitrogens with zero attached hydrogens (tertiary/aromatic N) is 1. The molecule has 92 valence electrons. The van der Waals surface area contributed by atoms with E-state index in [1.165, 1.54) is 9.13 Å². The highest BCUT2D eigenvalue weighted by atomic mass is 127. The molecule has 0 aliphatic rings. The molecule has 1 aromatic rings. The Kier molecular flexibility index (Phi) is 5.26. The van der Waals surface area contributed by atoms with Gasteiger partial charge in [-0.1, -0.05) is 6.07 Å². The average molecular weight is 342 g/mol. The molecule has 0 radical (unpaired) electrons. The van der Waals surface area contributed by atoms with Crippen molar-refractivity contribution < 1.29 is 0 Å². The highest BCUT2D eigenvalue weighted by Gasteiger charge is 2.15. The lowest BCUT2D eigenvalue weighted by Gasteiger charge is -2.15. The number of nitriles is 1. The standard InChI is InChI=1S/C14H19IN2/c1-11-5-6-12(9-13(11)15)17-8-4-7-14(2,3)10-16/h5-6,9,17H,4,7-8H2,1-3H3. The Bertz CT molecular complexity index is 419. The van der Waals surface area contributed by atoms with Gasteiger partial charge in [-0.15, -0.1) is 0 Å². The minimum atomic E-state index is -0.205. The van der Waals surface area contributed by atoms with Crippen molar-refractivity contribution in [3.05, 3.63) is 27.3 Å². The van der Waals surface area contributed by atoms with Crippen LogP contribution in [0.4, 0.5) is 5.69 Å². The highest BCUT2D eigenvalue weighted by molar-refractivity contribution is 14.1. The lowest BCUT2D eigenvalue weighted by molar-refractivity contribution is 0.441. The number of hydrogen-bond donors (Lipinski definition) is 1. The number of anilines is 1. The lowest BCUT2D eigenvalue weighted by Crippen LogP contribution is -2.11. The van der Waals surface area contributed by atoms with E-state index in [1.54, 1.807) is 0 Å². The molecule has 0 saturated carbocycles. The fourth-order valence-corrected chi connectivity index (χ4v) is 2.04. The average Bonchev–Trinajstić information content (AvgIpc) is 2.29. The van der Waals surface area contributed by atoms with E-state index < -0.39 is 0 Å². The van der Waals surface area contributed by atoms with Gasteiger partial charge in [-0.05, 0) is 73.9 Å². The first kappa shape index (κ1) is 14.3. The molecule has 0 spiro atoms. The van der Waals surface area contributed by atoms with Gasteiger partial charge in [0.2, 0.25) is 0 Å². The van der Waals surface area contributed by atoms with Gasteiger partial charge < -0.3 is 5.32 Å². The summed E-state index contributed by atoms with van der Waals surface area (Å²) in [6, 6.07) is 8.72. The van der Waals surface area contributed by atoms with E-state index in [0.717, 1.165) is 25.1 Å². The summed E-state index contributed by atoms with van der Waals surface area (Å²) in [7, 11) is 0. The number of benzene rings is 1. The number of hydrogen-bond acceptors (Lipinski definition) is 2. The summed E-state index contributed by atoms with van der Waals surface area (Å²) in [6.45, 7) is 7.01. The summed E-state index contributed by atoms with van der Waals surface area (Å²) < 4.78 is 1.28. The van der Waals surface area contributed by atoms with Crippen molar-refractivity contribution in [1.82, 2.24) is 0 Å². The molecule has 0 heterocycles. The van der Waals surface area contributed by atoms with Crippen LogP contribution in [-0.2, 0) is 0 Å². The molecule has 0 bridgehead atoms. The van der Waals surface area contributed by atoms with Gasteiger partial charge in [0.1, 0.15) is 0 Å². The number of aryl methyl sites for hydroxylation is 1. The van der Waals surface area contributed by atoms with E-state index in [2.05, 4.69) is 59.1 Å². The Morgan fingerprint density at radius 1 is 1.41 bits per heavy atom. The largest absolute Gasteiger partial charge is 0.385 e. The third-order valence-corrected chi connectivity index (χ3v) is 3.94. The first-order valence-electron chi connectivity index (χ1n) is 5.86. The minimum absolute atomic E-state index is 0.205. The molecule has 1 N–H and O–H groups in total. The van der Waals surface area contributed by atoms with Crippen LogP contribution >= 0.6 is 22.6 Å². The van der Waals surface area contributed by atoms with Crippen LogP contribution in [-0.4, -0.2) is 6.54 Å². The monoisotopic (exact) mass is 342 g/mol. The molecule has 0 unspecified atom stereocenters. The first-order valence-corrected chi connectivity index (χ1v) is 6.94. The zero-order chi connectivity index (χ0) is 12.9. The van der Waals surface area contributed by atoms with E-state index in [0.29, 0.717) is 0 Å². The van der Waals surface area contributed by atoms with Gasteiger partial charge >= 0.3 is 0 Å². The van der Waals surface area contributed by atoms with Gasteiger partial charge in [-0.2, -0.15) is 5.26 Å². The van der Waals surface area contributed by atoms with Crippen molar-refractivity contribution in [1.29, 1.82) is 5.26 Å². The van der Waals surface area contributed by atoms with Crippen LogP contribution in [0.3, 0.4) is 0 Å². The van der Waals surface area contributed by atoms with E-state index in [-0.39, 0.29) is 5.41 Å². The number of halogens is 1. The summed E-state index contributed by atoms with van der Waals surface area (Å²) in [4.78, 5) is 0. The maximum atomic E-state index is 8.91. The van der Waals surface area contributed by atoms with Crippen LogP contribution in [0, 0.1) is 27.2 Å². The summed E-state index contributed by atoms with van der Waals surface area (Å²) in [6.07, 6.45) is 1.95. The predicted molar refractivity (Wildman–Crippen MR) is 81.0 cm³/mol. The molecule has 0 amide bonds. The summed E-state index contributed by atoms with van der Waals surface area (Å²) in [5.74, 6) is 0. The molecular weight excluding hydrogens is 323 g/mol. The smallest absolute Gasteiger partial charge is 0.0683 e. The highest BCUT2D eigenvalue weighted by Crippen LogP contribution is 2.21. The third kappa shape index (κ3) is 4.95.